The van der Waals surface area contributed by atoms with Crippen molar-refractivity contribution in [1.29, 1.82) is 0 Å². The molecule has 2 heterocycles. The first-order chi connectivity index (χ1) is 11.1. The fourth-order valence-corrected chi connectivity index (χ4v) is 4.70. The number of rotatable bonds is 4. The molecule has 1 saturated carbocycles. The number of β-amino-alcohol motifs (C(OH)–C–C–N with tert-alkyl or cyclic N) is 1. The molecule has 2 N–H and O–H groups in total. The van der Waals surface area contributed by atoms with Gasteiger partial charge >= 0.3 is 0 Å². The molecule has 1 saturated heterocycles. The maximum atomic E-state index is 12.3. The van der Waals surface area contributed by atoms with E-state index in [9.17, 15) is 9.90 Å². The van der Waals surface area contributed by atoms with Crippen LogP contribution in [-0.2, 0) is 0 Å². The molecule has 0 radical (unpaired) electrons. The van der Waals surface area contributed by atoms with Crippen molar-refractivity contribution in [2.75, 3.05) is 19.6 Å². The van der Waals surface area contributed by atoms with E-state index in [4.69, 9.17) is 0 Å². The zero-order valence-corrected chi connectivity index (χ0v) is 14.8. The van der Waals surface area contributed by atoms with Crippen LogP contribution in [0.1, 0.15) is 60.9 Å². The third kappa shape index (κ3) is 4.34. The number of thiophene rings is 1. The van der Waals surface area contributed by atoms with E-state index in [2.05, 4.69) is 10.2 Å². The fourth-order valence-electron chi connectivity index (χ4n) is 3.88. The van der Waals surface area contributed by atoms with Crippen LogP contribution in [0.4, 0.5) is 0 Å². The van der Waals surface area contributed by atoms with E-state index in [1.807, 2.05) is 17.7 Å². The number of nitrogens with one attached hydrogen (secondary N) is 1. The quantitative estimate of drug-likeness (QED) is 0.889. The highest BCUT2D eigenvalue weighted by atomic mass is 32.1. The predicted octanol–water partition coefficient (Wildman–Crippen LogP) is 2.95. The third-order valence-electron chi connectivity index (χ3n) is 5.33. The number of aryl methyl sites for hydroxylation is 1. The van der Waals surface area contributed by atoms with E-state index in [-0.39, 0.29) is 11.9 Å². The lowest BCUT2D eigenvalue weighted by atomic mass is 9.84. The molecule has 0 spiro atoms. The van der Waals surface area contributed by atoms with E-state index >= 15 is 0 Å². The molecule has 0 atom stereocenters. The first-order valence-corrected chi connectivity index (χ1v) is 9.78. The van der Waals surface area contributed by atoms with Crippen LogP contribution < -0.4 is 5.32 Å². The fraction of sp³-hybridized carbons (Fsp3) is 0.722. The van der Waals surface area contributed by atoms with Crippen LogP contribution in [-0.4, -0.2) is 47.2 Å². The summed E-state index contributed by atoms with van der Waals surface area (Å²) in [5.74, 6) is 0.0631. The van der Waals surface area contributed by atoms with Gasteiger partial charge in [0, 0.05) is 31.1 Å². The number of amides is 1. The van der Waals surface area contributed by atoms with Gasteiger partial charge in [0.15, 0.2) is 0 Å². The largest absolute Gasteiger partial charge is 0.389 e. The molecule has 2 fully saturated rings. The zero-order valence-electron chi connectivity index (χ0n) is 14.0. The number of hydrogen-bond acceptors (Lipinski definition) is 4. The molecular formula is C18H28N2O2S. The van der Waals surface area contributed by atoms with Crippen LogP contribution in [0.3, 0.4) is 0 Å². The first-order valence-electron chi connectivity index (χ1n) is 8.84. The highest BCUT2D eigenvalue weighted by molar-refractivity contribution is 7.08. The molecule has 23 heavy (non-hydrogen) atoms. The molecule has 1 aromatic heterocycles. The van der Waals surface area contributed by atoms with Gasteiger partial charge in [-0.05, 0) is 43.6 Å². The van der Waals surface area contributed by atoms with Crippen LogP contribution >= 0.6 is 11.3 Å². The minimum absolute atomic E-state index is 0.0631. The Balaban J connectivity index is 1.45. The Morgan fingerprint density at radius 1 is 1.30 bits per heavy atom. The summed E-state index contributed by atoms with van der Waals surface area (Å²) in [6.45, 7) is 4.72. The molecule has 0 aromatic carbocycles. The second-order valence-corrected chi connectivity index (χ2v) is 8.02. The number of aliphatic hydroxyl groups is 1. The Morgan fingerprint density at radius 2 is 2.00 bits per heavy atom. The van der Waals surface area contributed by atoms with Gasteiger partial charge in [0.05, 0.1) is 11.2 Å². The van der Waals surface area contributed by atoms with Crippen LogP contribution in [0.25, 0.3) is 0 Å². The lowest BCUT2D eigenvalue weighted by molar-refractivity contribution is -0.0312. The molecule has 2 aliphatic rings. The van der Waals surface area contributed by atoms with Crippen molar-refractivity contribution in [3.63, 3.8) is 0 Å². The lowest BCUT2D eigenvalue weighted by Crippen LogP contribution is -2.50. The minimum atomic E-state index is -0.470. The summed E-state index contributed by atoms with van der Waals surface area (Å²) in [5, 5.41) is 17.8. The smallest absolute Gasteiger partial charge is 0.252 e. The van der Waals surface area contributed by atoms with Crippen molar-refractivity contribution in [3.05, 3.63) is 21.9 Å². The summed E-state index contributed by atoms with van der Waals surface area (Å²) in [5.41, 5.74) is 1.40. The van der Waals surface area contributed by atoms with Crippen LogP contribution in [0, 0.1) is 6.92 Å². The molecule has 0 bridgehead atoms. The molecule has 1 aliphatic carbocycles. The Hall–Kier alpha value is -0.910. The number of hydrogen-bond donors (Lipinski definition) is 2. The average Bonchev–Trinajstić information content (AvgIpc) is 2.96. The molecule has 1 amide bonds. The highest BCUT2D eigenvalue weighted by Gasteiger charge is 2.32. The van der Waals surface area contributed by atoms with Crippen LogP contribution in [0.2, 0.25) is 0 Å². The van der Waals surface area contributed by atoms with E-state index in [1.165, 1.54) is 6.42 Å². The second kappa shape index (κ2) is 7.32. The number of carbonyl (C=O) groups excluding carboxylic acids is 1. The van der Waals surface area contributed by atoms with Gasteiger partial charge < -0.3 is 15.3 Å². The van der Waals surface area contributed by atoms with Crippen LogP contribution in [0.5, 0.6) is 0 Å². The third-order valence-corrected chi connectivity index (χ3v) is 6.19. The maximum absolute atomic E-state index is 12.3. The molecule has 1 aliphatic heterocycles. The minimum Gasteiger partial charge on any atom is -0.389 e. The molecule has 4 nitrogen and oxygen atoms in total. The van der Waals surface area contributed by atoms with Crippen molar-refractivity contribution >= 4 is 17.2 Å². The Bertz CT molecular complexity index is 529. The van der Waals surface area contributed by atoms with Crippen molar-refractivity contribution in [3.8, 4) is 0 Å². The summed E-state index contributed by atoms with van der Waals surface area (Å²) in [4.78, 5) is 14.7. The Kier molecular flexibility index (Phi) is 5.39. The van der Waals surface area contributed by atoms with Gasteiger partial charge in [0.1, 0.15) is 0 Å². The van der Waals surface area contributed by atoms with Gasteiger partial charge in [-0.25, -0.2) is 0 Å². The Labute approximate surface area is 142 Å². The van der Waals surface area contributed by atoms with Crippen molar-refractivity contribution < 1.29 is 9.90 Å². The number of piperidine rings is 1. The van der Waals surface area contributed by atoms with Gasteiger partial charge in [0.2, 0.25) is 0 Å². The summed E-state index contributed by atoms with van der Waals surface area (Å²) in [6.07, 6.45) is 7.42. The van der Waals surface area contributed by atoms with Crippen molar-refractivity contribution in [2.24, 2.45) is 0 Å². The summed E-state index contributed by atoms with van der Waals surface area (Å²) < 4.78 is 0. The molecule has 0 unspecified atom stereocenters. The number of nitrogens with zero attached hydrogens (tertiary/aromatic N) is 1. The van der Waals surface area contributed by atoms with E-state index in [0.717, 1.165) is 69.3 Å². The SMILES string of the molecule is Cc1cscc1C(=O)NC1CCN(CC2(O)CCCCC2)CC1. The van der Waals surface area contributed by atoms with E-state index in [1.54, 1.807) is 11.3 Å². The molecule has 1 aromatic rings. The molecule has 5 heteroatoms. The number of likely N-dealkylation sites (tertiary alicyclic amines) is 1. The molecule has 128 valence electrons. The predicted molar refractivity (Wildman–Crippen MR) is 94.0 cm³/mol. The van der Waals surface area contributed by atoms with Gasteiger partial charge in [0.25, 0.3) is 5.91 Å². The normalized spacial score (nSPS) is 22.9. The number of carbonyl (C=O) groups is 1. The van der Waals surface area contributed by atoms with Gasteiger partial charge in [-0.1, -0.05) is 19.3 Å². The molecule has 3 rings (SSSR count). The van der Waals surface area contributed by atoms with Gasteiger partial charge in [-0.15, -0.1) is 0 Å². The van der Waals surface area contributed by atoms with Crippen molar-refractivity contribution in [1.82, 2.24) is 10.2 Å². The topological polar surface area (TPSA) is 52.6 Å². The average molecular weight is 337 g/mol. The van der Waals surface area contributed by atoms with E-state index < -0.39 is 5.60 Å². The first kappa shape index (κ1) is 16.9. The van der Waals surface area contributed by atoms with Crippen LogP contribution in [0.15, 0.2) is 10.8 Å². The Morgan fingerprint density at radius 3 is 2.61 bits per heavy atom. The van der Waals surface area contributed by atoms with Crippen molar-refractivity contribution in [2.45, 2.75) is 63.5 Å². The summed E-state index contributed by atoms with van der Waals surface area (Å²) in [6, 6.07) is 0.263. The lowest BCUT2D eigenvalue weighted by Gasteiger charge is -2.40. The molecular weight excluding hydrogens is 308 g/mol. The van der Waals surface area contributed by atoms with Gasteiger partial charge in [-0.2, -0.15) is 11.3 Å². The zero-order chi connectivity index (χ0) is 16.3. The van der Waals surface area contributed by atoms with E-state index in [0.29, 0.717) is 0 Å². The summed E-state index contributed by atoms with van der Waals surface area (Å²) >= 11 is 1.58. The van der Waals surface area contributed by atoms with Gasteiger partial charge in [-0.3, -0.25) is 4.79 Å². The highest BCUT2D eigenvalue weighted by Crippen LogP contribution is 2.29. The summed E-state index contributed by atoms with van der Waals surface area (Å²) in [7, 11) is 0. The monoisotopic (exact) mass is 336 g/mol. The maximum Gasteiger partial charge on any atom is 0.252 e. The standard InChI is InChI=1S/C18H28N2O2S/c1-14-11-23-12-16(14)17(21)19-15-5-9-20(10-6-15)13-18(22)7-3-2-4-8-18/h11-12,15,22H,2-10,13H2,1H3,(H,19,21). The second-order valence-electron chi connectivity index (χ2n) is 7.28.